The van der Waals surface area contributed by atoms with Crippen molar-refractivity contribution in [2.45, 2.75) is 56.1 Å². The third-order valence-electron chi connectivity index (χ3n) is 8.05. The molecule has 0 aliphatic carbocycles. The zero-order chi connectivity index (χ0) is 31.6. The number of furan rings is 1. The highest BCUT2D eigenvalue weighted by atomic mass is 32.2. The molecule has 236 valence electrons. The highest BCUT2D eigenvalue weighted by Crippen LogP contribution is 2.23. The van der Waals surface area contributed by atoms with Gasteiger partial charge in [-0.05, 0) is 72.4 Å². The van der Waals surface area contributed by atoms with Gasteiger partial charge in [-0.3, -0.25) is 9.59 Å². The number of nitrogens with zero attached hydrogens (tertiary/aromatic N) is 2. The van der Waals surface area contributed by atoms with E-state index in [-0.39, 0.29) is 36.2 Å². The molecule has 0 bridgehead atoms. The Bertz CT molecular complexity index is 1630. The molecule has 0 spiro atoms. The van der Waals surface area contributed by atoms with Gasteiger partial charge in [-0.1, -0.05) is 54.6 Å². The second-order valence-electron chi connectivity index (χ2n) is 11.1. The van der Waals surface area contributed by atoms with E-state index in [0.717, 1.165) is 29.5 Å². The largest absolute Gasteiger partial charge is 0.497 e. The summed E-state index contributed by atoms with van der Waals surface area (Å²) in [5, 5.41) is 2.95. The van der Waals surface area contributed by atoms with Crippen molar-refractivity contribution in [1.29, 1.82) is 0 Å². The molecule has 4 aromatic rings. The smallest absolute Gasteiger partial charge is 0.243 e. The number of rotatable bonds is 14. The zero-order valence-electron chi connectivity index (χ0n) is 25.4. The lowest BCUT2D eigenvalue weighted by Crippen LogP contribution is -2.50. The first-order valence-electron chi connectivity index (χ1n) is 15.2. The summed E-state index contributed by atoms with van der Waals surface area (Å²) < 4.78 is 38.1. The van der Waals surface area contributed by atoms with Crippen LogP contribution in [-0.4, -0.2) is 55.7 Å². The molecule has 0 radical (unpaired) electrons. The number of ether oxygens (including phenoxy) is 1. The van der Waals surface area contributed by atoms with Crippen molar-refractivity contribution in [2.75, 3.05) is 20.2 Å². The van der Waals surface area contributed by atoms with Crippen LogP contribution in [0.1, 0.15) is 41.7 Å². The van der Waals surface area contributed by atoms with Crippen molar-refractivity contribution < 1.29 is 27.2 Å². The van der Waals surface area contributed by atoms with Gasteiger partial charge < -0.3 is 19.4 Å². The predicted octanol–water partition coefficient (Wildman–Crippen LogP) is 4.96. The Balaban J connectivity index is 1.36. The van der Waals surface area contributed by atoms with Crippen molar-refractivity contribution in [3.05, 3.63) is 120 Å². The standard InChI is InChI=1S/C35H39N3O6S/c1-43-30-16-11-29(12-17-30)26-38(33(24-28-8-3-2-4-9-28)35(40)36-25-31-10-7-23-44-31)34(39)20-15-27-13-18-32(19-14-27)45(41,42)37-21-5-6-22-37/h2-4,7-14,16-19,23,33H,5-6,15,20-22,24-26H2,1H3,(H,36,40)/t33-/m1/s1. The Kier molecular flexibility index (Phi) is 10.7. The van der Waals surface area contributed by atoms with Gasteiger partial charge in [0.1, 0.15) is 17.6 Å². The van der Waals surface area contributed by atoms with Crippen LogP contribution in [0.4, 0.5) is 0 Å². The second-order valence-corrected chi connectivity index (χ2v) is 13.1. The van der Waals surface area contributed by atoms with Crippen LogP contribution >= 0.6 is 0 Å². The fourth-order valence-electron chi connectivity index (χ4n) is 5.49. The summed E-state index contributed by atoms with van der Waals surface area (Å²) in [6.45, 7) is 1.51. The van der Waals surface area contributed by atoms with Gasteiger partial charge in [0, 0.05) is 32.5 Å². The van der Waals surface area contributed by atoms with Crippen molar-refractivity contribution in [3.63, 3.8) is 0 Å². The second kappa shape index (κ2) is 15.0. The molecule has 1 N–H and O–H groups in total. The number of sulfonamides is 1. The molecule has 9 nitrogen and oxygen atoms in total. The number of carbonyl (C=O) groups excluding carboxylic acids is 2. The monoisotopic (exact) mass is 629 g/mol. The lowest BCUT2D eigenvalue weighted by Gasteiger charge is -2.31. The van der Waals surface area contributed by atoms with E-state index in [4.69, 9.17) is 9.15 Å². The summed E-state index contributed by atoms with van der Waals surface area (Å²) in [5.74, 6) is 0.844. The molecule has 10 heteroatoms. The lowest BCUT2D eigenvalue weighted by molar-refractivity contribution is -0.141. The minimum Gasteiger partial charge on any atom is -0.497 e. The number of hydrogen-bond acceptors (Lipinski definition) is 6. The zero-order valence-corrected chi connectivity index (χ0v) is 26.2. The highest BCUT2D eigenvalue weighted by Gasteiger charge is 2.31. The van der Waals surface area contributed by atoms with E-state index in [0.29, 0.717) is 37.4 Å². The van der Waals surface area contributed by atoms with Crippen molar-refractivity contribution in [2.24, 2.45) is 0 Å². The first kappa shape index (κ1) is 32.0. The molecule has 45 heavy (non-hydrogen) atoms. The van der Waals surface area contributed by atoms with Gasteiger partial charge in [-0.2, -0.15) is 4.31 Å². The maximum Gasteiger partial charge on any atom is 0.243 e. The van der Waals surface area contributed by atoms with E-state index in [1.165, 1.54) is 4.31 Å². The number of hydrogen-bond donors (Lipinski definition) is 1. The first-order chi connectivity index (χ1) is 21.8. The van der Waals surface area contributed by atoms with Crippen molar-refractivity contribution in [1.82, 2.24) is 14.5 Å². The lowest BCUT2D eigenvalue weighted by atomic mass is 10.0. The van der Waals surface area contributed by atoms with Crippen LogP contribution in [-0.2, 0) is 45.5 Å². The summed E-state index contributed by atoms with van der Waals surface area (Å²) in [6.07, 6.45) is 4.17. The average molecular weight is 630 g/mol. The minimum absolute atomic E-state index is 0.144. The summed E-state index contributed by atoms with van der Waals surface area (Å²) in [6, 6.07) is 26.6. The van der Waals surface area contributed by atoms with Gasteiger partial charge in [-0.15, -0.1) is 0 Å². The van der Waals surface area contributed by atoms with Crippen molar-refractivity contribution >= 4 is 21.8 Å². The number of methoxy groups -OCH3 is 1. The quantitative estimate of drug-likeness (QED) is 0.211. The Morgan fingerprint density at radius 3 is 2.22 bits per heavy atom. The van der Waals surface area contributed by atoms with E-state index in [2.05, 4.69) is 5.32 Å². The van der Waals surface area contributed by atoms with E-state index < -0.39 is 16.1 Å². The van der Waals surface area contributed by atoms with Gasteiger partial charge in [-0.25, -0.2) is 8.42 Å². The van der Waals surface area contributed by atoms with Crippen LogP contribution in [0.5, 0.6) is 5.75 Å². The van der Waals surface area contributed by atoms with Crippen LogP contribution in [0.15, 0.2) is 107 Å². The molecule has 1 atom stereocenters. The number of carbonyl (C=O) groups is 2. The summed E-state index contributed by atoms with van der Waals surface area (Å²) in [5.41, 5.74) is 2.63. The maximum atomic E-state index is 14.0. The molecule has 0 unspecified atom stereocenters. The van der Waals surface area contributed by atoms with E-state index in [9.17, 15) is 18.0 Å². The van der Waals surface area contributed by atoms with Gasteiger partial charge in [0.15, 0.2) is 0 Å². The number of amides is 2. The molecule has 1 saturated heterocycles. The number of benzene rings is 3. The summed E-state index contributed by atoms with van der Waals surface area (Å²) >= 11 is 0. The van der Waals surface area contributed by atoms with E-state index in [1.54, 1.807) is 54.7 Å². The number of aryl methyl sites for hydroxylation is 1. The molecular formula is C35H39N3O6S. The summed E-state index contributed by atoms with van der Waals surface area (Å²) in [4.78, 5) is 29.7. The number of nitrogens with one attached hydrogen (secondary N) is 1. The summed E-state index contributed by atoms with van der Waals surface area (Å²) in [7, 11) is -1.92. The molecule has 2 heterocycles. The molecular weight excluding hydrogens is 590 g/mol. The molecule has 5 rings (SSSR count). The van der Waals surface area contributed by atoms with Crippen LogP contribution < -0.4 is 10.1 Å². The third-order valence-corrected chi connectivity index (χ3v) is 9.97. The highest BCUT2D eigenvalue weighted by molar-refractivity contribution is 7.89. The van der Waals surface area contributed by atoms with E-state index in [1.807, 2.05) is 54.6 Å². The molecule has 1 aliphatic rings. The maximum absolute atomic E-state index is 14.0. The molecule has 0 saturated carbocycles. The minimum atomic E-state index is -3.51. The fourth-order valence-corrected chi connectivity index (χ4v) is 7.00. The van der Waals surface area contributed by atoms with Crippen LogP contribution in [0.2, 0.25) is 0 Å². The normalized spacial score (nSPS) is 14.2. The Morgan fingerprint density at radius 2 is 1.58 bits per heavy atom. The van der Waals surface area contributed by atoms with Gasteiger partial charge in [0.05, 0.1) is 24.8 Å². The predicted molar refractivity (Wildman–Crippen MR) is 171 cm³/mol. The molecule has 1 aromatic heterocycles. The van der Waals surface area contributed by atoms with Crippen LogP contribution in [0.3, 0.4) is 0 Å². The first-order valence-corrected chi connectivity index (χ1v) is 16.6. The van der Waals surface area contributed by atoms with Gasteiger partial charge in [0.2, 0.25) is 21.8 Å². The average Bonchev–Trinajstić information content (AvgIpc) is 3.81. The fraction of sp³-hybridized carbons (Fsp3) is 0.314. The molecule has 1 fully saturated rings. The van der Waals surface area contributed by atoms with Gasteiger partial charge in [0.25, 0.3) is 0 Å². The molecule has 2 amide bonds. The topological polar surface area (TPSA) is 109 Å². The Hall–Kier alpha value is -4.41. The van der Waals surface area contributed by atoms with E-state index >= 15 is 0 Å². The Morgan fingerprint density at radius 1 is 0.889 bits per heavy atom. The van der Waals surface area contributed by atoms with Gasteiger partial charge >= 0.3 is 0 Å². The molecule has 1 aliphatic heterocycles. The van der Waals surface area contributed by atoms with Crippen LogP contribution in [0, 0.1) is 0 Å². The Labute approximate surface area is 264 Å². The van der Waals surface area contributed by atoms with Crippen LogP contribution in [0.25, 0.3) is 0 Å². The SMILES string of the molecule is COc1ccc(CN(C(=O)CCc2ccc(S(=O)(=O)N3CCCC3)cc2)[C@H](Cc2ccccc2)C(=O)NCc2ccco2)cc1. The molecule has 3 aromatic carbocycles. The van der Waals surface area contributed by atoms with Crippen molar-refractivity contribution in [3.8, 4) is 5.75 Å². The third kappa shape index (κ3) is 8.40.